The fourth-order valence-electron chi connectivity index (χ4n) is 5.25. The van der Waals surface area contributed by atoms with Crippen molar-refractivity contribution in [3.8, 4) is 0 Å². The summed E-state index contributed by atoms with van der Waals surface area (Å²) in [5, 5.41) is 21.3. The van der Waals surface area contributed by atoms with Crippen molar-refractivity contribution in [3.05, 3.63) is 70.3 Å². The topological polar surface area (TPSA) is 197 Å². The van der Waals surface area contributed by atoms with Gasteiger partial charge in [-0.15, -0.1) is 0 Å². The Morgan fingerprint density at radius 1 is 1.05 bits per heavy atom. The van der Waals surface area contributed by atoms with E-state index in [-0.39, 0.29) is 31.5 Å². The number of carbonyl (C=O) groups excluding carboxylic acids is 6. The highest BCUT2D eigenvalue weighted by Gasteiger charge is 2.46. The number of nitrogens with one attached hydrogen (secondary N) is 4. The molecule has 0 aromatic heterocycles. The second kappa shape index (κ2) is 13.4. The largest absolute Gasteiger partial charge is 0.342 e. The second-order valence-electron chi connectivity index (χ2n) is 11.0. The molecule has 2 saturated heterocycles. The molecule has 4 rings (SSSR count). The number of nitrogens with zero attached hydrogens (tertiary/aromatic N) is 2. The number of benzene rings is 2. The van der Waals surface area contributed by atoms with Crippen LogP contribution >= 0.6 is 0 Å². The van der Waals surface area contributed by atoms with Crippen molar-refractivity contribution in [3.63, 3.8) is 0 Å². The van der Waals surface area contributed by atoms with E-state index in [1.54, 1.807) is 24.3 Å². The van der Waals surface area contributed by atoms with Crippen LogP contribution in [0.5, 0.6) is 0 Å². The van der Waals surface area contributed by atoms with E-state index in [9.17, 15) is 38.9 Å². The molecule has 4 N–H and O–H groups in total. The average Bonchev–Trinajstić information content (AvgIpc) is 3.49. The Bertz CT molecular complexity index is 1460. The Morgan fingerprint density at radius 2 is 1.73 bits per heavy atom. The molecule has 2 aromatic carbocycles. The van der Waals surface area contributed by atoms with Gasteiger partial charge in [-0.05, 0) is 44.4 Å². The van der Waals surface area contributed by atoms with E-state index in [2.05, 4.69) is 21.3 Å². The number of nitro benzene ring substituents is 1. The van der Waals surface area contributed by atoms with Gasteiger partial charge in [0.25, 0.3) is 11.6 Å². The number of ketones is 1. The molecule has 14 heteroatoms. The summed E-state index contributed by atoms with van der Waals surface area (Å²) in [4.78, 5) is 89.2. The maximum atomic E-state index is 13.5. The lowest BCUT2D eigenvalue weighted by molar-refractivity contribution is -0.384. The fraction of sp³-hybridized carbons (Fsp3) is 0.400. The molecule has 5 amide bonds. The maximum absolute atomic E-state index is 13.5. The first-order chi connectivity index (χ1) is 20.9. The summed E-state index contributed by atoms with van der Waals surface area (Å²) in [6.07, 6.45) is 0.866. The summed E-state index contributed by atoms with van der Waals surface area (Å²) in [6, 6.07) is 11.2. The van der Waals surface area contributed by atoms with Crippen molar-refractivity contribution in [2.24, 2.45) is 0 Å². The summed E-state index contributed by atoms with van der Waals surface area (Å²) in [5.41, 5.74) is -0.868. The van der Waals surface area contributed by atoms with Crippen molar-refractivity contribution < 1.29 is 33.7 Å². The van der Waals surface area contributed by atoms with E-state index < -0.39 is 63.9 Å². The van der Waals surface area contributed by atoms with Crippen molar-refractivity contribution in [1.82, 2.24) is 20.9 Å². The number of nitro groups is 1. The molecule has 0 bridgehead atoms. The molecule has 2 aromatic rings. The standard InChI is InChI=1S/C30H34N6O8/c1-18(31-29(42)30(2)24(37)14-15-25(38)34-30)28(41)35-16-6-9-23(35)27(40)33-22(17-19-7-4-3-5-8-19)26(39)32-20-10-12-21(13-11-20)36(43)44/h3-5,7-8,10-13,18,22-23H,6,9,14-17H2,1-2H3,(H,31,42)(H,32,39)(H,33,40)(H,34,38)/t18-,22-,23-,30+/m0/s1. The molecule has 2 fully saturated rings. The van der Waals surface area contributed by atoms with Gasteiger partial charge in [-0.2, -0.15) is 0 Å². The van der Waals surface area contributed by atoms with Gasteiger partial charge in [0.05, 0.1) is 4.92 Å². The molecule has 2 aliphatic rings. The molecule has 0 radical (unpaired) electrons. The van der Waals surface area contributed by atoms with Crippen LogP contribution in [0, 0.1) is 10.1 Å². The Morgan fingerprint density at radius 3 is 2.39 bits per heavy atom. The molecule has 4 atom stereocenters. The molecular formula is C30H34N6O8. The molecule has 0 aliphatic carbocycles. The van der Waals surface area contributed by atoms with E-state index in [0.717, 1.165) is 5.56 Å². The Labute approximate surface area is 253 Å². The highest BCUT2D eigenvalue weighted by atomic mass is 16.6. The van der Waals surface area contributed by atoms with Gasteiger partial charge >= 0.3 is 0 Å². The van der Waals surface area contributed by atoms with Crippen LogP contribution in [0.25, 0.3) is 0 Å². The van der Waals surface area contributed by atoms with Gasteiger partial charge in [0.2, 0.25) is 23.6 Å². The minimum atomic E-state index is -1.80. The number of anilines is 1. The minimum Gasteiger partial charge on any atom is -0.342 e. The molecule has 14 nitrogen and oxygen atoms in total. The third kappa shape index (κ3) is 7.25. The smallest absolute Gasteiger partial charge is 0.269 e. The summed E-state index contributed by atoms with van der Waals surface area (Å²) in [5.74, 6) is -3.40. The van der Waals surface area contributed by atoms with Crippen molar-refractivity contribution in [1.29, 1.82) is 0 Å². The summed E-state index contributed by atoms with van der Waals surface area (Å²) in [6.45, 7) is 2.96. The second-order valence-corrected chi connectivity index (χ2v) is 11.0. The monoisotopic (exact) mass is 606 g/mol. The SMILES string of the molecule is C[C@H](NC(=O)[C@]1(C)NC(=O)CCC1=O)C(=O)N1CCC[C@H]1C(=O)N[C@@H](Cc1ccccc1)C(=O)Nc1ccc([N+](=O)[O-])cc1. The molecule has 0 spiro atoms. The highest BCUT2D eigenvalue weighted by Crippen LogP contribution is 2.21. The van der Waals surface area contributed by atoms with Crippen molar-refractivity contribution >= 4 is 46.7 Å². The van der Waals surface area contributed by atoms with Gasteiger partial charge in [-0.25, -0.2) is 0 Å². The first-order valence-corrected chi connectivity index (χ1v) is 14.2. The predicted octanol–water partition coefficient (Wildman–Crippen LogP) is 0.994. The molecule has 0 saturated carbocycles. The predicted molar refractivity (Wildman–Crippen MR) is 157 cm³/mol. The lowest BCUT2D eigenvalue weighted by atomic mass is 9.88. The van der Waals surface area contributed by atoms with Gasteiger partial charge in [-0.3, -0.25) is 38.9 Å². The zero-order valence-electron chi connectivity index (χ0n) is 24.3. The Kier molecular flexibility index (Phi) is 9.71. The number of hydrogen-bond donors (Lipinski definition) is 4. The summed E-state index contributed by atoms with van der Waals surface area (Å²) < 4.78 is 0. The van der Waals surface area contributed by atoms with Gasteiger partial charge in [0, 0.05) is 43.6 Å². The number of likely N-dealkylation sites (tertiary alicyclic amines) is 1. The van der Waals surface area contributed by atoms with E-state index in [4.69, 9.17) is 0 Å². The number of piperidine rings is 1. The average molecular weight is 607 g/mol. The molecule has 232 valence electrons. The minimum absolute atomic E-state index is 0.0159. The van der Waals surface area contributed by atoms with E-state index in [1.165, 1.54) is 43.0 Å². The van der Waals surface area contributed by atoms with Crippen LogP contribution in [0.3, 0.4) is 0 Å². The first-order valence-electron chi connectivity index (χ1n) is 14.2. The van der Waals surface area contributed by atoms with Gasteiger partial charge in [-0.1, -0.05) is 30.3 Å². The van der Waals surface area contributed by atoms with Crippen LogP contribution < -0.4 is 21.3 Å². The van der Waals surface area contributed by atoms with Crippen LogP contribution in [0.4, 0.5) is 11.4 Å². The first kappa shape index (κ1) is 31.8. The zero-order chi connectivity index (χ0) is 32.0. The lowest BCUT2D eigenvalue weighted by Gasteiger charge is -2.33. The number of carbonyl (C=O) groups is 6. The molecule has 44 heavy (non-hydrogen) atoms. The third-order valence-corrected chi connectivity index (χ3v) is 7.80. The number of amides is 5. The molecule has 2 heterocycles. The summed E-state index contributed by atoms with van der Waals surface area (Å²) >= 11 is 0. The van der Waals surface area contributed by atoms with E-state index in [0.29, 0.717) is 18.5 Å². The van der Waals surface area contributed by atoms with Crippen LogP contribution in [0.1, 0.15) is 45.1 Å². The fourth-order valence-corrected chi connectivity index (χ4v) is 5.25. The number of non-ortho nitro benzene ring substituents is 1. The van der Waals surface area contributed by atoms with E-state index >= 15 is 0 Å². The Balaban J connectivity index is 1.45. The number of rotatable bonds is 10. The lowest BCUT2D eigenvalue weighted by Crippen LogP contribution is -2.66. The zero-order valence-corrected chi connectivity index (χ0v) is 24.3. The van der Waals surface area contributed by atoms with Gasteiger partial charge in [0.15, 0.2) is 11.3 Å². The quantitative estimate of drug-likeness (QED) is 0.174. The maximum Gasteiger partial charge on any atom is 0.269 e. The van der Waals surface area contributed by atoms with Gasteiger partial charge < -0.3 is 26.2 Å². The Hall–Kier alpha value is -5.14. The van der Waals surface area contributed by atoms with Crippen LogP contribution in [-0.4, -0.2) is 75.4 Å². The van der Waals surface area contributed by atoms with Crippen LogP contribution in [-0.2, 0) is 35.2 Å². The van der Waals surface area contributed by atoms with Crippen molar-refractivity contribution in [2.75, 3.05) is 11.9 Å². The van der Waals surface area contributed by atoms with Crippen LogP contribution in [0.15, 0.2) is 54.6 Å². The number of hydrogen-bond acceptors (Lipinski definition) is 8. The van der Waals surface area contributed by atoms with Gasteiger partial charge in [0.1, 0.15) is 18.1 Å². The third-order valence-electron chi connectivity index (χ3n) is 7.80. The number of Topliss-reactive ketones (excluding diaryl/α,β-unsaturated/α-hetero) is 1. The highest BCUT2D eigenvalue weighted by molar-refractivity contribution is 6.15. The molecule has 0 unspecified atom stereocenters. The van der Waals surface area contributed by atoms with Crippen molar-refractivity contribution in [2.45, 2.75) is 69.6 Å². The molecular weight excluding hydrogens is 572 g/mol. The van der Waals surface area contributed by atoms with E-state index in [1.807, 2.05) is 6.07 Å². The van der Waals surface area contributed by atoms with Crippen LogP contribution in [0.2, 0.25) is 0 Å². The molecule has 2 aliphatic heterocycles. The normalized spacial score (nSPS) is 21.0. The summed E-state index contributed by atoms with van der Waals surface area (Å²) in [7, 11) is 0.